The average molecular weight is 239 g/mol. The Kier molecular flexibility index (Phi) is 1.91. The minimum Gasteiger partial charge on any atom is -0.351 e. The Morgan fingerprint density at radius 1 is 0.944 bits per heavy atom. The lowest BCUT2D eigenvalue weighted by Gasteiger charge is -2.22. The first kappa shape index (κ1) is 8.53. The number of anilines is 2. The third-order valence-corrected chi connectivity index (χ3v) is 2.84. The van der Waals surface area contributed by atoms with Crippen LogP contribution in [0.5, 0.6) is 0 Å². The first-order valence-corrected chi connectivity index (χ1v) is 5.57. The second-order valence-corrected chi connectivity index (χ2v) is 3.96. The number of primary amides is 1. The fourth-order valence-electron chi connectivity index (χ4n) is 2.05. The van der Waals surface area contributed by atoms with Crippen molar-refractivity contribution in [3.05, 3.63) is 59.7 Å². The molecule has 88 valence electrons. The molecule has 0 bridgehead atoms. The minimum absolute atomic E-state index is 0.0804. The molecule has 2 aromatic carbocycles. The quantitative estimate of drug-likeness (QED) is 0.704. The molecule has 0 saturated carbocycles. The van der Waals surface area contributed by atoms with Crippen molar-refractivity contribution in [1.29, 1.82) is 0 Å². The van der Waals surface area contributed by atoms with Crippen LogP contribution in [0.4, 0.5) is 16.2 Å². The first-order valence-electron chi connectivity index (χ1n) is 6.57. The van der Waals surface area contributed by atoms with Crippen LogP contribution in [0.3, 0.4) is 0 Å². The molecule has 0 fully saturated rings. The standard InChI is InChI=1S/C15H12N2O/c16-15(18)17-13-7-3-1-5-11(13)9-10-12-6-2-4-8-14(12)17/h1-10H,(H2,16,18)/i9D,10D,15+1. The topological polar surface area (TPSA) is 46.3 Å². The van der Waals surface area contributed by atoms with E-state index in [0.717, 1.165) is 0 Å². The van der Waals surface area contributed by atoms with E-state index in [9.17, 15) is 4.79 Å². The van der Waals surface area contributed by atoms with Crippen molar-refractivity contribution in [3.8, 4) is 0 Å². The van der Waals surface area contributed by atoms with Gasteiger partial charge in [-0.25, -0.2) is 4.79 Å². The van der Waals surface area contributed by atoms with E-state index in [2.05, 4.69) is 0 Å². The van der Waals surface area contributed by atoms with Gasteiger partial charge in [0.25, 0.3) is 0 Å². The van der Waals surface area contributed by atoms with E-state index in [4.69, 9.17) is 8.48 Å². The molecule has 3 heteroatoms. The van der Waals surface area contributed by atoms with Crippen LogP contribution in [0.2, 0.25) is 0 Å². The minimum atomic E-state index is -0.632. The Morgan fingerprint density at radius 3 is 1.83 bits per heavy atom. The zero-order chi connectivity index (χ0) is 14.3. The summed E-state index contributed by atoms with van der Waals surface area (Å²) in [5, 5.41) is 0. The Balaban J connectivity index is 2.42. The van der Waals surface area contributed by atoms with Crippen LogP contribution >= 0.6 is 0 Å². The summed E-state index contributed by atoms with van der Waals surface area (Å²) in [5.41, 5.74) is 7.60. The molecule has 2 aromatic rings. The Labute approximate surface area is 108 Å². The third-order valence-electron chi connectivity index (χ3n) is 2.84. The van der Waals surface area contributed by atoms with Gasteiger partial charge in [0.2, 0.25) is 0 Å². The van der Waals surface area contributed by atoms with Gasteiger partial charge in [0, 0.05) is 0 Å². The van der Waals surface area contributed by atoms with Crippen molar-refractivity contribution in [2.45, 2.75) is 0 Å². The van der Waals surface area contributed by atoms with E-state index >= 15 is 0 Å². The number of fused-ring (bicyclic) bond motifs is 2. The second kappa shape index (κ2) is 4.04. The first-order chi connectivity index (χ1) is 9.61. The predicted molar refractivity (Wildman–Crippen MR) is 73.5 cm³/mol. The van der Waals surface area contributed by atoms with Gasteiger partial charge < -0.3 is 5.73 Å². The molecule has 0 spiro atoms. The highest BCUT2D eigenvalue weighted by molar-refractivity contribution is 6.04. The van der Waals surface area contributed by atoms with Gasteiger partial charge in [-0.05, 0) is 23.3 Å². The zero-order valence-electron chi connectivity index (χ0n) is 11.6. The normalized spacial score (nSPS) is 15.2. The van der Waals surface area contributed by atoms with E-state index < -0.39 is 6.03 Å². The van der Waals surface area contributed by atoms with Crippen LogP contribution < -0.4 is 10.6 Å². The van der Waals surface area contributed by atoms with Gasteiger partial charge in [-0.15, -0.1) is 0 Å². The molecule has 1 heterocycles. The zero-order valence-corrected chi connectivity index (χ0v) is 9.55. The summed E-state index contributed by atoms with van der Waals surface area (Å²) in [6.45, 7) is 0. The maximum absolute atomic E-state index is 11.9. The second-order valence-electron chi connectivity index (χ2n) is 3.96. The number of hydrogen-bond acceptors (Lipinski definition) is 1. The highest BCUT2D eigenvalue weighted by Gasteiger charge is 2.21. The number of para-hydroxylation sites is 2. The van der Waals surface area contributed by atoms with Crippen molar-refractivity contribution >= 4 is 29.5 Å². The Morgan fingerprint density at radius 2 is 1.39 bits per heavy atom. The van der Waals surface area contributed by atoms with Crippen LogP contribution in [0.25, 0.3) is 12.1 Å². The highest BCUT2D eigenvalue weighted by Crippen LogP contribution is 2.35. The van der Waals surface area contributed by atoms with E-state index in [1.54, 1.807) is 48.5 Å². The summed E-state index contributed by atoms with van der Waals surface area (Å²) in [6.07, 6.45) is 0. The fourth-order valence-corrected chi connectivity index (χ4v) is 2.05. The van der Waals surface area contributed by atoms with Gasteiger partial charge in [-0.3, -0.25) is 4.90 Å². The van der Waals surface area contributed by atoms with Crippen LogP contribution in [-0.4, -0.2) is 6.03 Å². The lowest BCUT2D eigenvalue weighted by atomic mass is 10.1. The number of hydrogen-bond donors (Lipinski definition) is 1. The summed E-state index contributed by atoms with van der Waals surface area (Å²) in [4.78, 5) is 13.2. The monoisotopic (exact) mass is 239 g/mol. The number of nitrogens with two attached hydrogens (primary N) is 1. The highest BCUT2D eigenvalue weighted by atomic mass is 16.2. The van der Waals surface area contributed by atoms with Gasteiger partial charge in [0.15, 0.2) is 0 Å². The smallest absolute Gasteiger partial charge is 0.323 e. The predicted octanol–water partition coefficient (Wildman–Crippen LogP) is 3.39. The Hall–Kier alpha value is -2.55. The number of nitrogens with zero attached hydrogens (tertiary/aromatic N) is 1. The number of urea groups is 1. The van der Waals surface area contributed by atoms with Crippen LogP contribution in [0.15, 0.2) is 48.5 Å². The summed E-state index contributed by atoms with van der Waals surface area (Å²) < 4.78 is 16.3. The summed E-state index contributed by atoms with van der Waals surface area (Å²) >= 11 is 0. The summed E-state index contributed by atoms with van der Waals surface area (Å²) in [6, 6.07) is 13.5. The van der Waals surface area contributed by atoms with Crippen molar-refractivity contribution in [2.75, 3.05) is 4.90 Å². The molecule has 2 N–H and O–H groups in total. The number of amides is 2. The molecule has 2 amide bonds. The van der Waals surface area contributed by atoms with Gasteiger partial charge in [0.05, 0.1) is 14.1 Å². The molecule has 0 saturated heterocycles. The largest absolute Gasteiger partial charge is 0.351 e. The molecule has 1 aliphatic heterocycles. The van der Waals surface area contributed by atoms with Gasteiger partial charge in [-0.2, -0.15) is 0 Å². The molecule has 0 aliphatic carbocycles. The van der Waals surface area contributed by atoms with Gasteiger partial charge in [-0.1, -0.05) is 48.5 Å². The maximum Gasteiger partial charge on any atom is 0.323 e. The molecule has 18 heavy (non-hydrogen) atoms. The van der Waals surface area contributed by atoms with E-state index in [1.165, 1.54) is 4.90 Å². The number of benzene rings is 2. The van der Waals surface area contributed by atoms with E-state index in [-0.39, 0.29) is 12.1 Å². The van der Waals surface area contributed by atoms with Crippen LogP contribution in [0.1, 0.15) is 13.9 Å². The molecule has 1 aliphatic rings. The summed E-state index contributed by atoms with van der Waals surface area (Å²) in [7, 11) is 0. The van der Waals surface area contributed by atoms with E-state index in [1.807, 2.05) is 0 Å². The molecule has 0 aromatic heterocycles. The lowest BCUT2D eigenvalue weighted by Crippen LogP contribution is -2.32. The maximum atomic E-state index is 11.9. The van der Waals surface area contributed by atoms with Gasteiger partial charge in [0.1, 0.15) is 0 Å². The van der Waals surface area contributed by atoms with E-state index in [0.29, 0.717) is 22.5 Å². The van der Waals surface area contributed by atoms with Crippen molar-refractivity contribution in [3.63, 3.8) is 0 Å². The number of carbonyl (C=O) groups is 1. The summed E-state index contributed by atoms with van der Waals surface area (Å²) in [5.74, 6) is 0. The molecule has 3 nitrogen and oxygen atoms in total. The third kappa shape index (κ3) is 1.57. The molecule has 0 radical (unpaired) electrons. The van der Waals surface area contributed by atoms with Crippen LogP contribution in [0, 0.1) is 0 Å². The SMILES string of the molecule is [2H]C1=C([2H])c2ccccc2N([13C](N)=O)c2ccccc21. The lowest BCUT2D eigenvalue weighted by molar-refractivity contribution is 0.256. The van der Waals surface area contributed by atoms with Crippen molar-refractivity contribution in [2.24, 2.45) is 5.73 Å². The molecule has 0 atom stereocenters. The molecular weight excluding hydrogens is 225 g/mol. The molecule has 0 unspecified atom stereocenters. The average Bonchev–Trinajstić information content (AvgIpc) is 2.55. The Bertz CT molecular complexity index is 685. The van der Waals surface area contributed by atoms with Crippen molar-refractivity contribution < 1.29 is 7.54 Å². The number of carbonyl (C=O) groups excluding carboxylic acids is 1. The number of rotatable bonds is 0. The molecular formula is C15H12N2O. The molecule has 3 rings (SSSR count). The van der Waals surface area contributed by atoms with Crippen molar-refractivity contribution in [1.82, 2.24) is 0 Å². The van der Waals surface area contributed by atoms with Crippen LogP contribution in [-0.2, 0) is 0 Å². The fraction of sp³-hybridized carbons (Fsp3) is 0. The van der Waals surface area contributed by atoms with Gasteiger partial charge >= 0.3 is 6.03 Å².